The van der Waals surface area contributed by atoms with Crippen molar-refractivity contribution >= 4 is 0 Å². The maximum atomic E-state index is 12.4. The summed E-state index contributed by atoms with van der Waals surface area (Å²) in [7, 11) is 1.46. The van der Waals surface area contributed by atoms with Crippen molar-refractivity contribution in [1.82, 2.24) is 0 Å². The zero-order chi connectivity index (χ0) is 10.6. The molecule has 1 rings (SSSR count). The summed E-state index contributed by atoms with van der Waals surface area (Å²) in [6, 6.07) is 4.26. The van der Waals surface area contributed by atoms with Crippen LogP contribution in [0.5, 0.6) is 5.75 Å². The topological polar surface area (TPSA) is 44.5 Å². The lowest BCUT2D eigenvalue weighted by Gasteiger charge is -2.09. The van der Waals surface area contributed by atoms with Crippen LogP contribution in [0.4, 0.5) is 8.78 Å². The molecular formula is C9H11F2NO2. The molecule has 0 spiro atoms. The fraction of sp³-hybridized carbons (Fsp3) is 0.333. The Labute approximate surface area is 80.4 Å². The van der Waals surface area contributed by atoms with E-state index in [9.17, 15) is 8.78 Å². The van der Waals surface area contributed by atoms with E-state index in [0.29, 0.717) is 11.3 Å². The number of ether oxygens (including phenoxy) is 1. The Morgan fingerprint density at radius 2 is 2.14 bits per heavy atom. The largest absolute Gasteiger partial charge is 0.497 e. The number of hydrogen-bond acceptors (Lipinski definition) is 3. The van der Waals surface area contributed by atoms with Gasteiger partial charge in [0.1, 0.15) is 5.75 Å². The maximum Gasteiger partial charge on any atom is 0.264 e. The highest BCUT2D eigenvalue weighted by atomic mass is 19.3. The van der Waals surface area contributed by atoms with Gasteiger partial charge in [0.25, 0.3) is 6.43 Å². The molecule has 0 heterocycles. The fourth-order valence-corrected chi connectivity index (χ4v) is 1.14. The molecule has 0 atom stereocenters. The number of nitrogens with two attached hydrogens (primary N) is 1. The summed E-state index contributed by atoms with van der Waals surface area (Å²) < 4.78 is 29.8. The van der Waals surface area contributed by atoms with Crippen molar-refractivity contribution in [2.24, 2.45) is 5.90 Å². The van der Waals surface area contributed by atoms with Crippen LogP contribution in [0.2, 0.25) is 0 Å². The van der Waals surface area contributed by atoms with Gasteiger partial charge in [-0.1, -0.05) is 0 Å². The summed E-state index contributed by atoms with van der Waals surface area (Å²) in [5.41, 5.74) is 0.248. The minimum atomic E-state index is -2.54. The van der Waals surface area contributed by atoms with E-state index in [2.05, 4.69) is 4.84 Å². The Balaban J connectivity index is 3.03. The Morgan fingerprint density at radius 1 is 1.43 bits per heavy atom. The van der Waals surface area contributed by atoms with Crippen LogP contribution in [0.1, 0.15) is 17.6 Å². The van der Waals surface area contributed by atoms with Crippen LogP contribution in [0.25, 0.3) is 0 Å². The van der Waals surface area contributed by atoms with E-state index in [0.717, 1.165) is 0 Å². The third kappa shape index (κ3) is 2.40. The molecule has 1 aromatic carbocycles. The molecular weight excluding hydrogens is 192 g/mol. The first-order valence-electron chi connectivity index (χ1n) is 3.95. The monoisotopic (exact) mass is 203 g/mol. The molecule has 14 heavy (non-hydrogen) atoms. The lowest BCUT2D eigenvalue weighted by molar-refractivity contribution is 0.113. The lowest BCUT2D eigenvalue weighted by atomic mass is 10.1. The molecule has 0 fully saturated rings. The molecule has 0 bridgehead atoms. The zero-order valence-corrected chi connectivity index (χ0v) is 7.67. The molecule has 0 saturated carbocycles. The third-order valence-corrected chi connectivity index (χ3v) is 1.82. The molecule has 5 heteroatoms. The molecule has 3 nitrogen and oxygen atoms in total. The first-order chi connectivity index (χ1) is 6.69. The summed E-state index contributed by atoms with van der Waals surface area (Å²) in [5, 5.41) is 0. The van der Waals surface area contributed by atoms with Gasteiger partial charge in [-0.25, -0.2) is 14.7 Å². The summed E-state index contributed by atoms with van der Waals surface area (Å²) in [6.07, 6.45) is -2.54. The molecule has 0 aromatic heterocycles. The quantitative estimate of drug-likeness (QED) is 0.761. The van der Waals surface area contributed by atoms with E-state index in [1.807, 2.05) is 0 Å². The van der Waals surface area contributed by atoms with Crippen LogP contribution in [0, 0.1) is 0 Å². The molecule has 0 aliphatic heterocycles. The first-order valence-corrected chi connectivity index (χ1v) is 3.95. The molecule has 0 saturated heterocycles. The average molecular weight is 203 g/mol. The molecule has 78 valence electrons. The van der Waals surface area contributed by atoms with Crippen molar-refractivity contribution in [3.8, 4) is 5.75 Å². The normalized spacial score (nSPS) is 10.6. The van der Waals surface area contributed by atoms with Gasteiger partial charge in [0, 0.05) is 5.56 Å². The number of halogens is 2. The number of benzene rings is 1. The van der Waals surface area contributed by atoms with Crippen LogP contribution >= 0.6 is 0 Å². The highest BCUT2D eigenvalue weighted by Crippen LogP contribution is 2.26. The van der Waals surface area contributed by atoms with E-state index >= 15 is 0 Å². The standard InChI is InChI=1S/C9H11F2NO2/c1-13-7-2-3-8(9(10)11)6(4-7)5-14-12/h2-4,9H,5,12H2,1H3. The van der Waals surface area contributed by atoms with Crippen molar-refractivity contribution in [2.45, 2.75) is 13.0 Å². The SMILES string of the molecule is COc1ccc(C(F)F)c(CON)c1. The minimum absolute atomic E-state index is 0.0587. The van der Waals surface area contributed by atoms with Crippen LogP contribution in [0.15, 0.2) is 18.2 Å². The van der Waals surface area contributed by atoms with Gasteiger partial charge in [0.05, 0.1) is 13.7 Å². The van der Waals surface area contributed by atoms with E-state index in [1.54, 1.807) is 0 Å². The van der Waals surface area contributed by atoms with E-state index < -0.39 is 6.43 Å². The molecule has 0 radical (unpaired) electrons. The lowest BCUT2D eigenvalue weighted by Crippen LogP contribution is -2.03. The van der Waals surface area contributed by atoms with Crippen molar-refractivity contribution in [1.29, 1.82) is 0 Å². The number of alkyl halides is 2. The minimum Gasteiger partial charge on any atom is -0.497 e. The Hall–Kier alpha value is -1.20. The number of rotatable bonds is 4. The number of methoxy groups -OCH3 is 1. The summed E-state index contributed by atoms with van der Waals surface area (Å²) in [5.74, 6) is 5.34. The highest BCUT2D eigenvalue weighted by Gasteiger charge is 2.13. The summed E-state index contributed by atoms with van der Waals surface area (Å²) >= 11 is 0. The van der Waals surface area contributed by atoms with Crippen LogP contribution in [-0.2, 0) is 11.4 Å². The molecule has 0 aliphatic rings. The van der Waals surface area contributed by atoms with E-state index in [1.165, 1.54) is 25.3 Å². The Bertz CT molecular complexity index is 305. The van der Waals surface area contributed by atoms with E-state index in [-0.39, 0.29) is 12.2 Å². The number of hydrogen-bond donors (Lipinski definition) is 1. The van der Waals surface area contributed by atoms with E-state index in [4.69, 9.17) is 10.6 Å². The van der Waals surface area contributed by atoms with Crippen LogP contribution < -0.4 is 10.6 Å². The maximum absolute atomic E-state index is 12.4. The van der Waals surface area contributed by atoms with Crippen molar-refractivity contribution in [2.75, 3.05) is 7.11 Å². The average Bonchev–Trinajstić information content (AvgIpc) is 2.17. The van der Waals surface area contributed by atoms with Gasteiger partial charge in [-0.2, -0.15) is 0 Å². The van der Waals surface area contributed by atoms with Crippen LogP contribution in [-0.4, -0.2) is 7.11 Å². The van der Waals surface area contributed by atoms with Gasteiger partial charge in [-0.3, -0.25) is 4.84 Å². The second-order valence-electron chi connectivity index (χ2n) is 2.68. The van der Waals surface area contributed by atoms with Gasteiger partial charge in [-0.15, -0.1) is 0 Å². The third-order valence-electron chi connectivity index (χ3n) is 1.82. The van der Waals surface area contributed by atoms with Crippen molar-refractivity contribution < 1.29 is 18.4 Å². The Morgan fingerprint density at radius 3 is 2.64 bits per heavy atom. The van der Waals surface area contributed by atoms with Crippen LogP contribution in [0.3, 0.4) is 0 Å². The highest BCUT2D eigenvalue weighted by molar-refractivity contribution is 5.36. The van der Waals surface area contributed by atoms with Gasteiger partial charge < -0.3 is 4.74 Å². The molecule has 0 aliphatic carbocycles. The van der Waals surface area contributed by atoms with Crippen molar-refractivity contribution in [3.63, 3.8) is 0 Å². The predicted molar refractivity (Wildman–Crippen MR) is 46.9 cm³/mol. The van der Waals surface area contributed by atoms with Gasteiger partial charge in [-0.05, 0) is 23.8 Å². The molecule has 2 N–H and O–H groups in total. The van der Waals surface area contributed by atoms with Gasteiger partial charge in [0.15, 0.2) is 0 Å². The summed E-state index contributed by atoms with van der Waals surface area (Å²) in [6.45, 7) is -0.0587. The molecule has 0 amide bonds. The van der Waals surface area contributed by atoms with Gasteiger partial charge >= 0.3 is 0 Å². The first kappa shape index (κ1) is 10.9. The molecule has 1 aromatic rings. The smallest absolute Gasteiger partial charge is 0.264 e. The van der Waals surface area contributed by atoms with Gasteiger partial charge in [0.2, 0.25) is 0 Å². The second-order valence-corrected chi connectivity index (χ2v) is 2.68. The summed E-state index contributed by atoms with van der Waals surface area (Å²) in [4.78, 5) is 4.33. The van der Waals surface area contributed by atoms with Crippen molar-refractivity contribution in [3.05, 3.63) is 29.3 Å². The predicted octanol–water partition coefficient (Wildman–Crippen LogP) is 2.02. The molecule has 0 unspecified atom stereocenters. The Kier molecular flexibility index (Phi) is 3.79. The fourth-order valence-electron chi connectivity index (χ4n) is 1.14. The zero-order valence-electron chi connectivity index (χ0n) is 7.67. The second kappa shape index (κ2) is 4.88.